The van der Waals surface area contributed by atoms with E-state index >= 15 is 0 Å². The van der Waals surface area contributed by atoms with Crippen LogP contribution >= 0.6 is 0 Å². The molecular formula is C25H30N4O. The van der Waals surface area contributed by atoms with E-state index in [2.05, 4.69) is 46.0 Å². The summed E-state index contributed by atoms with van der Waals surface area (Å²) < 4.78 is 2.48. The van der Waals surface area contributed by atoms with Crippen LogP contribution in [0.15, 0.2) is 48.5 Å². The smallest absolute Gasteiger partial charge is 0.227 e. The van der Waals surface area contributed by atoms with Crippen LogP contribution in [0.25, 0.3) is 11.0 Å². The molecule has 1 saturated heterocycles. The Labute approximate surface area is 178 Å². The summed E-state index contributed by atoms with van der Waals surface area (Å²) >= 11 is 0. The number of carbonyl (C=O) groups excluding carboxylic acids is 1. The van der Waals surface area contributed by atoms with Gasteiger partial charge in [-0.15, -0.1) is 0 Å². The van der Waals surface area contributed by atoms with Gasteiger partial charge < -0.3 is 14.8 Å². The molecule has 1 aromatic heterocycles. The highest BCUT2D eigenvalue weighted by Gasteiger charge is 2.30. The second kappa shape index (κ2) is 8.13. The number of para-hydroxylation sites is 2. The van der Waals surface area contributed by atoms with Crippen LogP contribution < -0.4 is 10.2 Å². The van der Waals surface area contributed by atoms with E-state index in [9.17, 15) is 4.79 Å². The average molecular weight is 403 g/mol. The maximum Gasteiger partial charge on any atom is 0.227 e. The summed E-state index contributed by atoms with van der Waals surface area (Å²) in [5.41, 5.74) is 4.42. The molecule has 2 aliphatic rings. The van der Waals surface area contributed by atoms with Gasteiger partial charge in [0.05, 0.1) is 11.0 Å². The summed E-state index contributed by atoms with van der Waals surface area (Å²) in [5.74, 6) is 1.30. The molecule has 1 N–H and O–H groups in total. The van der Waals surface area contributed by atoms with Crippen LogP contribution in [0.4, 0.5) is 11.6 Å². The van der Waals surface area contributed by atoms with Crippen molar-refractivity contribution in [1.82, 2.24) is 9.55 Å². The van der Waals surface area contributed by atoms with Crippen molar-refractivity contribution in [1.29, 1.82) is 0 Å². The van der Waals surface area contributed by atoms with Gasteiger partial charge in [0.1, 0.15) is 0 Å². The van der Waals surface area contributed by atoms with Crippen LogP contribution in [0.3, 0.4) is 0 Å². The molecule has 30 heavy (non-hydrogen) atoms. The highest BCUT2D eigenvalue weighted by atomic mass is 16.1. The molecule has 1 aliphatic heterocycles. The van der Waals surface area contributed by atoms with Crippen molar-refractivity contribution in [2.24, 2.45) is 5.92 Å². The number of fused-ring (bicyclic) bond motifs is 1. The Kier molecular flexibility index (Phi) is 5.19. The van der Waals surface area contributed by atoms with Crippen LogP contribution in [0, 0.1) is 12.8 Å². The SMILES string of the molecule is Cc1ccc(NC(=O)C2CCN(c3nc4ccccc4n3C3CCCC3)CC2)cc1. The van der Waals surface area contributed by atoms with Crippen molar-refractivity contribution in [2.75, 3.05) is 23.3 Å². The Morgan fingerprint density at radius 1 is 0.967 bits per heavy atom. The fourth-order valence-corrected chi connectivity index (χ4v) is 5.00. The number of nitrogens with one attached hydrogen (secondary N) is 1. The van der Waals surface area contributed by atoms with Crippen molar-refractivity contribution < 1.29 is 4.79 Å². The highest BCUT2D eigenvalue weighted by molar-refractivity contribution is 5.92. The summed E-state index contributed by atoms with van der Waals surface area (Å²) in [6.07, 6.45) is 6.82. The quantitative estimate of drug-likeness (QED) is 0.643. The second-order valence-corrected chi connectivity index (χ2v) is 8.83. The number of aromatic nitrogens is 2. The third-order valence-electron chi connectivity index (χ3n) is 6.73. The van der Waals surface area contributed by atoms with Gasteiger partial charge in [0.2, 0.25) is 11.9 Å². The van der Waals surface area contributed by atoms with E-state index in [-0.39, 0.29) is 11.8 Å². The van der Waals surface area contributed by atoms with E-state index in [1.807, 2.05) is 24.3 Å². The molecule has 0 spiro atoms. The molecule has 2 fully saturated rings. The summed E-state index contributed by atoms with van der Waals surface area (Å²) in [7, 11) is 0. The maximum atomic E-state index is 12.8. The number of nitrogens with zero attached hydrogens (tertiary/aromatic N) is 3. The van der Waals surface area contributed by atoms with Gasteiger partial charge in [0.15, 0.2) is 0 Å². The summed E-state index contributed by atoms with van der Waals surface area (Å²) in [5, 5.41) is 3.09. The predicted octanol–water partition coefficient (Wildman–Crippen LogP) is 5.31. The number of aryl methyl sites for hydroxylation is 1. The van der Waals surface area contributed by atoms with E-state index in [0.717, 1.165) is 43.1 Å². The zero-order valence-electron chi connectivity index (χ0n) is 17.7. The molecule has 0 radical (unpaired) electrons. The minimum absolute atomic E-state index is 0.0619. The molecule has 5 nitrogen and oxygen atoms in total. The average Bonchev–Trinajstić information content (AvgIpc) is 3.43. The Morgan fingerprint density at radius 3 is 2.40 bits per heavy atom. The van der Waals surface area contributed by atoms with Gasteiger partial charge in [0, 0.05) is 30.7 Å². The molecule has 1 amide bonds. The number of rotatable bonds is 4. The fourth-order valence-electron chi connectivity index (χ4n) is 5.00. The minimum Gasteiger partial charge on any atom is -0.342 e. The first-order valence-corrected chi connectivity index (χ1v) is 11.3. The molecule has 1 saturated carbocycles. The second-order valence-electron chi connectivity index (χ2n) is 8.83. The first-order valence-electron chi connectivity index (χ1n) is 11.3. The molecule has 0 unspecified atom stereocenters. The fraction of sp³-hybridized carbons (Fsp3) is 0.440. The van der Waals surface area contributed by atoms with E-state index < -0.39 is 0 Å². The van der Waals surface area contributed by atoms with Crippen LogP contribution in [0.5, 0.6) is 0 Å². The predicted molar refractivity (Wildman–Crippen MR) is 122 cm³/mol. The van der Waals surface area contributed by atoms with Gasteiger partial charge in [-0.3, -0.25) is 4.79 Å². The monoisotopic (exact) mass is 402 g/mol. The van der Waals surface area contributed by atoms with Crippen LogP contribution in [0.2, 0.25) is 0 Å². The van der Waals surface area contributed by atoms with Crippen molar-refractivity contribution in [3.63, 3.8) is 0 Å². The molecule has 2 heterocycles. The Bertz CT molecular complexity index is 1020. The molecule has 5 heteroatoms. The Hall–Kier alpha value is -2.82. The van der Waals surface area contributed by atoms with Gasteiger partial charge in [0.25, 0.3) is 0 Å². The molecule has 3 aromatic rings. The third-order valence-corrected chi connectivity index (χ3v) is 6.73. The first kappa shape index (κ1) is 19.2. The zero-order valence-corrected chi connectivity index (χ0v) is 17.7. The van der Waals surface area contributed by atoms with E-state index in [4.69, 9.17) is 4.98 Å². The number of imidazole rings is 1. The van der Waals surface area contributed by atoms with Gasteiger partial charge >= 0.3 is 0 Å². The minimum atomic E-state index is 0.0619. The molecule has 1 aliphatic carbocycles. The van der Waals surface area contributed by atoms with Gasteiger partial charge in [-0.25, -0.2) is 4.98 Å². The largest absolute Gasteiger partial charge is 0.342 e. The third kappa shape index (κ3) is 3.69. The van der Waals surface area contributed by atoms with Gasteiger partial charge in [-0.1, -0.05) is 42.7 Å². The summed E-state index contributed by atoms with van der Waals surface area (Å²) in [6, 6.07) is 17.1. The van der Waals surface area contributed by atoms with Crippen molar-refractivity contribution in [3.05, 3.63) is 54.1 Å². The lowest BCUT2D eigenvalue weighted by atomic mass is 9.96. The molecule has 0 atom stereocenters. The highest BCUT2D eigenvalue weighted by Crippen LogP contribution is 2.37. The standard InChI is InChI=1S/C25H30N4O/c1-18-10-12-20(13-11-18)26-24(30)19-14-16-28(17-15-19)25-27-22-8-4-5-9-23(22)29(25)21-6-2-3-7-21/h4-5,8-13,19,21H,2-3,6-7,14-17H2,1H3,(H,26,30). The number of piperidine rings is 1. The van der Waals surface area contributed by atoms with Crippen LogP contribution in [-0.2, 0) is 4.79 Å². The zero-order chi connectivity index (χ0) is 20.5. The van der Waals surface area contributed by atoms with Gasteiger partial charge in [-0.05, 0) is 56.9 Å². The number of amides is 1. The van der Waals surface area contributed by atoms with Crippen molar-refractivity contribution >= 4 is 28.6 Å². The van der Waals surface area contributed by atoms with E-state index in [1.54, 1.807) is 0 Å². The Balaban J connectivity index is 1.31. The summed E-state index contributed by atoms with van der Waals surface area (Å²) in [4.78, 5) is 20.2. The number of anilines is 2. The number of benzene rings is 2. The van der Waals surface area contributed by atoms with Crippen LogP contribution in [0.1, 0.15) is 50.1 Å². The lowest BCUT2D eigenvalue weighted by molar-refractivity contribution is -0.120. The topological polar surface area (TPSA) is 50.2 Å². The molecule has 5 rings (SSSR count). The summed E-state index contributed by atoms with van der Waals surface area (Å²) in [6.45, 7) is 3.81. The lowest BCUT2D eigenvalue weighted by Crippen LogP contribution is -2.39. The van der Waals surface area contributed by atoms with Gasteiger partial charge in [-0.2, -0.15) is 0 Å². The normalized spacial score (nSPS) is 18.2. The van der Waals surface area contributed by atoms with E-state index in [0.29, 0.717) is 6.04 Å². The number of hydrogen-bond acceptors (Lipinski definition) is 3. The first-order chi connectivity index (χ1) is 14.7. The van der Waals surface area contributed by atoms with Crippen LogP contribution in [-0.4, -0.2) is 28.5 Å². The molecule has 0 bridgehead atoms. The molecule has 2 aromatic carbocycles. The number of carbonyl (C=O) groups is 1. The van der Waals surface area contributed by atoms with Crippen molar-refractivity contribution in [2.45, 2.75) is 51.5 Å². The molecular weight excluding hydrogens is 372 g/mol. The van der Waals surface area contributed by atoms with Crippen molar-refractivity contribution in [3.8, 4) is 0 Å². The number of hydrogen-bond donors (Lipinski definition) is 1. The maximum absolute atomic E-state index is 12.8. The lowest BCUT2D eigenvalue weighted by Gasteiger charge is -2.33. The molecule has 156 valence electrons. The Morgan fingerprint density at radius 2 is 1.67 bits per heavy atom. The van der Waals surface area contributed by atoms with E-state index in [1.165, 1.54) is 36.8 Å².